The molecule has 0 spiro atoms. The van der Waals surface area contributed by atoms with Crippen molar-refractivity contribution in [2.24, 2.45) is 0 Å². The van der Waals surface area contributed by atoms with Crippen molar-refractivity contribution in [1.29, 1.82) is 0 Å². The Bertz CT molecular complexity index is 1650. The molecule has 3 heterocycles. The summed E-state index contributed by atoms with van der Waals surface area (Å²) in [5.74, 6) is 0.412. The molecule has 33 heavy (non-hydrogen) atoms. The molecule has 3 aromatic heterocycles. The topological polar surface area (TPSA) is 69.3 Å². The van der Waals surface area contributed by atoms with Gasteiger partial charge in [-0.3, -0.25) is 18.6 Å². The Balaban J connectivity index is 1.63. The Morgan fingerprint density at radius 2 is 1.67 bits per heavy atom. The summed E-state index contributed by atoms with van der Waals surface area (Å²) in [6.07, 6.45) is 1.72. The quantitative estimate of drug-likeness (QED) is 0.293. The highest BCUT2D eigenvalue weighted by Crippen LogP contribution is 2.25. The summed E-state index contributed by atoms with van der Waals surface area (Å²) < 4.78 is 3.20. The van der Waals surface area contributed by atoms with Crippen molar-refractivity contribution in [2.45, 2.75) is 31.7 Å². The van der Waals surface area contributed by atoms with E-state index >= 15 is 0 Å². The minimum Gasteiger partial charge on any atom is -0.269 e. The van der Waals surface area contributed by atoms with E-state index in [0.717, 1.165) is 22.4 Å². The lowest BCUT2D eigenvalue weighted by Gasteiger charge is -2.14. The van der Waals surface area contributed by atoms with Gasteiger partial charge in [-0.05, 0) is 67.8 Å². The second kappa shape index (κ2) is 8.33. The van der Waals surface area contributed by atoms with Crippen LogP contribution in [0.15, 0.2) is 81.6 Å². The van der Waals surface area contributed by atoms with E-state index < -0.39 is 0 Å². The highest BCUT2D eigenvalue weighted by atomic mass is 32.2. The standard InChI is InChI=1S/C26H22N4O2S/c1-16-10-11-20(13-18(16)3)30-25(32)21-8-4-5-9-22(21)28-26(30)33-15-19-14-23(31)29-12-6-7-17(2)24(29)27-19/h4-14H,15H2,1-3H3. The van der Waals surface area contributed by atoms with E-state index in [0.29, 0.717) is 33.2 Å². The van der Waals surface area contributed by atoms with Crippen LogP contribution in [0.5, 0.6) is 0 Å². The molecule has 0 bridgehead atoms. The molecule has 0 saturated heterocycles. The van der Waals surface area contributed by atoms with Crippen LogP contribution in [0.4, 0.5) is 0 Å². The number of hydrogen-bond donors (Lipinski definition) is 0. The molecular weight excluding hydrogens is 432 g/mol. The lowest BCUT2D eigenvalue weighted by Crippen LogP contribution is -2.22. The van der Waals surface area contributed by atoms with Crippen LogP contribution in [0, 0.1) is 20.8 Å². The molecule has 0 fully saturated rings. The number of para-hydroxylation sites is 1. The first kappa shape index (κ1) is 21.2. The zero-order valence-corrected chi connectivity index (χ0v) is 19.4. The van der Waals surface area contributed by atoms with Crippen molar-refractivity contribution in [3.05, 3.63) is 110 Å². The lowest BCUT2D eigenvalue weighted by atomic mass is 10.1. The number of hydrogen-bond acceptors (Lipinski definition) is 5. The SMILES string of the molecule is Cc1ccc(-n2c(SCc3cc(=O)n4cccc(C)c4n3)nc3ccccc3c2=O)cc1C. The van der Waals surface area contributed by atoms with Gasteiger partial charge in [0, 0.05) is 18.0 Å². The normalized spacial score (nSPS) is 11.4. The van der Waals surface area contributed by atoms with Gasteiger partial charge in [0.2, 0.25) is 0 Å². The number of aromatic nitrogens is 4. The van der Waals surface area contributed by atoms with Gasteiger partial charge in [-0.15, -0.1) is 0 Å². The average Bonchev–Trinajstić information content (AvgIpc) is 2.80. The first-order valence-electron chi connectivity index (χ1n) is 10.6. The van der Waals surface area contributed by atoms with Gasteiger partial charge in [0.1, 0.15) is 5.65 Å². The van der Waals surface area contributed by atoms with Gasteiger partial charge in [-0.25, -0.2) is 9.97 Å². The maximum Gasteiger partial charge on any atom is 0.266 e. The summed E-state index contributed by atoms with van der Waals surface area (Å²) in [7, 11) is 0. The van der Waals surface area contributed by atoms with Crippen molar-refractivity contribution >= 4 is 28.3 Å². The molecule has 0 atom stereocenters. The van der Waals surface area contributed by atoms with Gasteiger partial charge in [0.25, 0.3) is 11.1 Å². The van der Waals surface area contributed by atoms with E-state index in [2.05, 4.69) is 0 Å². The molecule has 5 aromatic rings. The lowest BCUT2D eigenvalue weighted by molar-refractivity contribution is 0.817. The van der Waals surface area contributed by atoms with Crippen LogP contribution < -0.4 is 11.1 Å². The Kier molecular flexibility index (Phi) is 5.34. The monoisotopic (exact) mass is 454 g/mol. The Labute approximate surface area is 194 Å². The minimum atomic E-state index is -0.127. The van der Waals surface area contributed by atoms with E-state index in [9.17, 15) is 9.59 Å². The summed E-state index contributed by atoms with van der Waals surface area (Å²) in [5.41, 5.74) is 5.64. The number of rotatable bonds is 4. The van der Waals surface area contributed by atoms with Crippen LogP contribution in [0.1, 0.15) is 22.4 Å². The molecule has 6 nitrogen and oxygen atoms in total. The van der Waals surface area contributed by atoms with Crippen LogP contribution in [-0.2, 0) is 5.75 Å². The highest BCUT2D eigenvalue weighted by molar-refractivity contribution is 7.98. The molecule has 0 N–H and O–H groups in total. The Morgan fingerprint density at radius 3 is 2.48 bits per heavy atom. The third-order valence-corrected chi connectivity index (χ3v) is 6.75. The number of thioether (sulfide) groups is 1. The van der Waals surface area contributed by atoms with E-state index in [1.165, 1.54) is 11.8 Å². The van der Waals surface area contributed by atoms with Crippen molar-refractivity contribution in [1.82, 2.24) is 18.9 Å². The molecule has 5 rings (SSSR count). The van der Waals surface area contributed by atoms with Gasteiger partial charge in [-0.2, -0.15) is 0 Å². The fourth-order valence-electron chi connectivity index (χ4n) is 3.82. The third kappa shape index (κ3) is 3.85. The molecule has 7 heteroatoms. The first-order valence-corrected chi connectivity index (χ1v) is 11.6. The van der Waals surface area contributed by atoms with Gasteiger partial charge in [-0.1, -0.05) is 36.0 Å². The molecule has 0 radical (unpaired) electrons. The van der Waals surface area contributed by atoms with Crippen molar-refractivity contribution in [3.63, 3.8) is 0 Å². The number of fused-ring (bicyclic) bond motifs is 2. The number of nitrogens with zero attached hydrogens (tertiary/aromatic N) is 4. The zero-order valence-electron chi connectivity index (χ0n) is 18.6. The largest absolute Gasteiger partial charge is 0.269 e. The molecule has 2 aromatic carbocycles. The van der Waals surface area contributed by atoms with Crippen molar-refractivity contribution in [3.8, 4) is 5.69 Å². The van der Waals surface area contributed by atoms with E-state index in [4.69, 9.17) is 9.97 Å². The van der Waals surface area contributed by atoms with Crippen molar-refractivity contribution < 1.29 is 0 Å². The van der Waals surface area contributed by atoms with Crippen molar-refractivity contribution in [2.75, 3.05) is 0 Å². The van der Waals surface area contributed by atoms with Gasteiger partial charge >= 0.3 is 0 Å². The number of aryl methyl sites for hydroxylation is 3. The Hall–Kier alpha value is -3.71. The fourth-order valence-corrected chi connectivity index (χ4v) is 4.73. The maximum absolute atomic E-state index is 13.5. The van der Waals surface area contributed by atoms with Crippen LogP contribution in [0.25, 0.3) is 22.2 Å². The summed E-state index contributed by atoms with van der Waals surface area (Å²) in [5, 5.41) is 1.13. The van der Waals surface area contributed by atoms with Gasteiger partial charge < -0.3 is 0 Å². The van der Waals surface area contributed by atoms with Crippen LogP contribution in [0.2, 0.25) is 0 Å². The number of pyridine rings is 1. The molecule has 164 valence electrons. The van der Waals surface area contributed by atoms with Gasteiger partial charge in [0.15, 0.2) is 5.16 Å². The van der Waals surface area contributed by atoms with Crippen LogP contribution >= 0.6 is 11.8 Å². The second-order valence-electron chi connectivity index (χ2n) is 8.08. The molecule has 0 aliphatic rings. The smallest absolute Gasteiger partial charge is 0.266 e. The summed E-state index contributed by atoms with van der Waals surface area (Å²) >= 11 is 1.40. The van der Waals surface area contributed by atoms with E-state index in [1.54, 1.807) is 27.3 Å². The highest BCUT2D eigenvalue weighted by Gasteiger charge is 2.15. The predicted octanol–water partition coefficient (Wildman–Crippen LogP) is 4.61. The maximum atomic E-state index is 13.5. The summed E-state index contributed by atoms with van der Waals surface area (Å²) in [4.78, 5) is 35.6. The van der Waals surface area contributed by atoms with E-state index in [1.807, 2.05) is 69.3 Å². The molecule has 0 saturated carbocycles. The molecular formula is C26H22N4O2S. The molecule has 0 amide bonds. The average molecular weight is 455 g/mol. The molecule has 0 aliphatic carbocycles. The van der Waals surface area contributed by atoms with Crippen LogP contribution in [0.3, 0.4) is 0 Å². The summed E-state index contributed by atoms with van der Waals surface area (Å²) in [6.45, 7) is 6.00. The summed E-state index contributed by atoms with van der Waals surface area (Å²) in [6, 6.07) is 18.6. The minimum absolute atomic E-state index is 0.117. The third-order valence-electron chi connectivity index (χ3n) is 5.78. The second-order valence-corrected chi connectivity index (χ2v) is 9.02. The van der Waals surface area contributed by atoms with E-state index in [-0.39, 0.29) is 11.1 Å². The predicted molar refractivity (Wildman–Crippen MR) is 133 cm³/mol. The van der Waals surface area contributed by atoms with Crippen LogP contribution in [-0.4, -0.2) is 18.9 Å². The first-order chi connectivity index (χ1) is 15.9. The fraction of sp³-hybridized carbons (Fsp3) is 0.154. The number of benzene rings is 2. The molecule has 0 aliphatic heterocycles. The van der Waals surface area contributed by atoms with Gasteiger partial charge in [0.05, 0.1) is 22.3 Å². The Morgan fingerprint density at radius 1 is 0.848 bits per heavy atom. The molecule has 0 unspecified atom stereocenters. The zero-order chi connectivity index (χ0) is 23.1.